The maximum absolute atomic E-state index is 5.62. The van der Waals surface area contributed by atoms with Crippen molar-refractivity contribution < 1.29 is 4.74 Å². The second-order valence-corrected chi connectivity index (χ2v) is 3.90. The first-order valence-corrected chi connectivity index (χ1v) is 5.48. The first-order valence-electron chi connectivity index (χ1n) is 5.48. The highest BCUT2D eigenvalue weighted by molar-refractivity contribution is 5.25. The molecule has 0 amide bonds. The highest BCUT2D eigenvalue weighted by Gasteiger charge is 1.98. The summed E-state index contributed by atoms with van der Waals surface area (Å²) in [5, 5.41) is 3.35. The summed E-state index contributed by atoms with van der Waals surface area (Å²) in [6.45, 7) is 7.99. The fourth-order valence-corrected chi connectivity index (χ4v) is 1.27. The highest BCUT2D eigenvalue weighted by Crippen LogP contribution is 2.13. The Morgan fingerprint density at radius 1 is 1.47 bits per heavy atom. The smallest absolute Gasteiger partial charge is 0.140 e. The van der Waals surface area contributed by atoms with Crippen molar-refractivity contribution >= 4 is 0 Å². The number of nitrogens with zero attached hydrogens (tertiary/aromatic N) is 1. The van der Waals surface area contributed by atoms with Crippen molar-refractivity contribution in [1.82, 2.24) is 10.3 Å². The lowest BCUT2D eigenvalue weighted by molar-refractivity contribution is 0.303. The van der Waals surface area contributed by atoms with Gasteiger partial charge in [-0.2, -0.15) is 0 Å². The van der Waals surface area contributed by atoms with Gasteiger partial charge in [0.1, 0.15) is 5.75 Å². The first-order chi connectivity index (χ1) is 7.20. The van der Waals surface area contributed by atoms with E-state index in [1.807, 2.05) is 19.1 Å². The van der Waals surface area contributed by atoms with Gasteiger partial charge < -0.3 is 10.1 Å². The zero-order chi connectivity index (χ0) is 11.1. The van der Waals surface area contributed by atoms with Crippen LogP contribution in [0, 0.1) is 6.92 Å². The van der Waals surface area contributed by atoms with E-state index < -0.39 is 0 Å². The van der Waals surface area contributed by atoms with E-state index in [-0.39, 0.29) is 0 Å². The predicted molar refractivity (Wildman–Crippen MR) is 62.2 cm³/mol. The number of pyridine rings is 1. The van der Waals surface area contributed by atoms with Crippen molar-refractivity contribution in [2.75, 3.05) is 13.2 Å². The van der Waals surface area contributed by atoms with E-state index in [4.69, 9.17) is 4.74 Å². The summed E-state index contributed by atoms with van der Waals surface area (Å²) < 4.78 is 5.62. The van der Waals surface area contributed by atoms with Gasteiger partial charge in [0, 0.05) is 12.2 Å². The molecule has 0 spiro atoms. The van der Waals surface area contributed by atoms with Crippen LogP contribution >= 0.6 is 0 Å². The quantitative estimate of drug-likeness (QED) is 0.727. The molecule has 0 aliphatic carbocycles. The van der Waals surface area contributed by atoms with Crippen LogP contribution in [0.15, 0.2) is 18.3 Å². The van der Waals surface area contributed by atoms with Crippen molar-refractivity contribution in [3.63, 3.8) is 0 Å². The number of aryl methyl sites for hydroxylation is 1. The Morgan fingerprint density at radius 3 is 2.93 bits per heavy atom. The molecule has 1 aromatic heterocycles. The molecule has 0 saturated heterocycles. The van der Waals surface area contributed by atoms with Gasteiger partial charge in [0.25, 0.3) is 0 Å². The fourth-order valence-electron chi connectivity index (χ4n) is 1.27. The van der Waals surface area contributed by atoms with Gasteiger partial charge in [0.05, 0.1) is 12.3 Å². The largest absolute Gasteiger partial charge is 0.492 e. The van der Waals surface area contributed by atoms with Crippen LogP contribution in [0.1, 0.15) is 26.0 Å². The maximum atomic E-state index is 5.62. The Morgan fingerprint density at radius 2 is 2.27 bits per heavy atom. The van der Waals surface area contributed by atoms with Gasteiger partial charge in [0.15, 0.2) is 0 Å². The molecule has 0 atom stereocenters. The lowest BCUT2D eigenvalue weighted by Crippen LogP contribution is -2.24. The fraction of sp³-hybridized carbons (Fsp3) is 0.583. The lowest BCUT2D eigenvalue weighted by atomic mass is 10.3. The van der Waals surface area contributed by atoms with Gasteiger partial charge >= 0.3 is 0 Å². The molecule has 15 heavy (non-hydrogen) atoms. The molecule has 3 heteroatoms. The lowest BCUT2D eigenvalue weighted by Gasteiger charge is -2.10. The van der Waals surface area contributed by atoms with Crippen LogP contribution in [0.25, 0.3) is 0 Å². The second-order valence-electron chi connectivity index (χ2n) is 3.90. The normalized spacial score (nSPS) is 10.7. The number of ether oxygens (including phenoxy) is 1. The van der Waals surface area contributed by atoms with E-state index in [2.05, 4.69) is 24.1 Å². The summed E-state index contributed by atoms with van der Waals surface area (Å²) in [6, 6.07) is 4.40. The second kappa shape index (κ2) is 6.40. The number of hydrogen-bond donors (Lipinski definition) is 1. The standard InChI is InChI=1S/C12H20N2O/c1-10(2)13-8-5-9-15-12-6-4-7-14-11(12)3/h4,6-7,10,13H,5,8-9H2,1-3H3. The average Bonchev–Trinajstić information content (AvgIpc) is 2.20. The summed E-state index contributed by atoms with van der Waals surface area (Å²) in [5.41, 5.74) is 0.953. The van der Waals surface area contributed by atoms with E-state index in [1.165, 1.54) is 0 Å². The van der Waals surface area contributed by atoms with Crippen LogP contribution in [0.5, 0.6) is 5.75 Å². The minimum absolute atomic E-state index is 0.546. The Kier molecular flexibility index (Phi) is 5.12. The number of hydrogen-bond acceptors (Lipinski definition) is 3. The number of aromatic nitrogens is 1. The monoisotopic (exact) mass is 208 g/mol. The Hall–Kier alpha value is -1.09. The third kappa shape index (κ3) is 4.79. The molecule has 3 nitrogen and oxygen atoms in total. The van der Waals surface area contributed by atoms with Crippen LogP contribution in [0.2, 0.25) is 0 Å². The van der Waals surface area contributed by atoms with Crippen LogP contribution in [0.3, 0.4) is 0 Å². The Bertz CT molecular complexity index is 287. The predicted octanol–water partition coefficient (Wildman–Crippen LogP) is 2.16. The summed E-state index contributed by atoms with van der Waals surface area (Å²) in [5.74, 6) is 0.891. The highest BCUT2D eigenvalue weighted by atomic mass is 16.5. The van der Waals surface area contributed by atoms with Crippen molar-refractivity contribution in [3.05, 3.63) is 24.0 Å². The Labute approximate surface area is 91.9 Å². The molecule has 0 radical (unpaired) electrons. The van der Waals surface area contributed by atoms with E-state index in [1.54, 1.807) is 6.20 Å². The van der Waals surface area contributed by atoms with Crippen molar-refractivity contribution in [1.29, 1.82) is 0 Å². The molecule has 84 valence electrons. The summed E-state index contributed by atoms with van der Waals surface area (Å²) >= 11 is 0. The molecule has 0 aromatic carbocycles. The summed E-state index contributed by atoms with van der Waals surface area (Å²) in [7, 11) is 0. The minimum Gasteiger partial charge on any atom is -0.492 e. The van der Waals surface area contributed by atoms with Crippen LogP contribution < -0.4 is 10.1 Å². The molecular weight excluding hydrogens is 188 g/mol. The third-order valence-corrected chi connectivity index (χ3v) is 2.09. The zero-order valence-electron chi connectivity index (χ0n) is 9.79. The molecule has 1 N–H and O–H groups in total. The number of nitrogens with one attached hydrogen (secondary N) is 1. The van der Waals surface area contributed by atoms with E-state index in [0.29, 0.717) is 6.04 Å². The molecule has 0 bridgehead atoms. The van der Waals surface area contributed by atoms with Gasteiger partial charge in [-0.15, -0.1) is 0 Å². The van der Waals surface area contributed by atoms with Crippen LogP contribution in [0.4, 0.5) is 0 Å². The SMILES string of the molecule is Cc1ncccc1OCCCNC(C)C. The topological polar surface area (TPSA) is 34.1 Å². The summed E-state index contributed by atoms with van der Waals surface area (Å²) in [6.07, 6.45) is 2.80. The third-order valence-electron chi connectivity index (χ3n) is 2.09. The molecular formula is C12H20N2O. The molecule has 1 heterocycles. The average molecular weight is 208 g/mol. The number of rotatable bonds is 6. The van der Waals surface area contributed by atoms with E-state index in [0.717, 1.165) is 31.0 Å². The van der Waals surface area contributed by atoms with Crippen molar-refractivity contribution in [3.8, 4) is 5.75 Å². The van der Waals surface area contributed by atoms with Gasteiger partial charge in [-0.1, -0.05) is 13.8 Å². The zero-order valence-corrected chi connectivity index (χ0v) is 9.79. The van der Waals surface area contributed by atoms with Gasteiger partial charge in [-0.3, -0.25) is 4.98 Å². The summed E-state index contributed by atoms with van der Waals surface area (Å²) in [4.78, 5) is 4.17. The maximum Gasteiger partial charge on any atom is 0.140 e. The minimum atomic E-state index is 0.546. The Balaban J connectivity index is 2.18. The molecule has 1 rings (SSSR count). The van der Waals surface area contributed by atoms with Gasteiger partial charge in [0.2, 0.25) is 0 Å². The van der Waals surface area contributed by atoms with Crippen molar-refractivity contribution in [2.24, 2.45) is 0 Å². The molecule has 0 unspecified atom stereocenters. The van der Waals surface area contributed by atoms with Gasteiger partial charge in [-0.05, 0) is 32.0 Å². The molecule has 0 aliphatic rings. The van der Waals surface area contributed by atoms with Crippen molar-refractivity contribution in [2.45, 2.75) is 33.2 Å². The molecule has 0 saturated carbocycles. The first kappa shape index (κ1) is 12.0. The van der Waals surface area contributed by atoms with E-state index in [9.17, 15) is 0 Å². The van der Waals surface area contributed by atoms with Gasteiger partial charge in [-0.25, -0.2) is 0 Å². The molecule has 0 fully saturated rings. The van der Waals surface area contributed by atoms with E-state index >= 15 is 0 Å². The van der Waals surface area contributed by atoms with Crippen LogP contribution in [-0.2, 0) is 0 Å². The van der Waals surface area contributed by atoms with Crippen LogP contribution in [-0.4, -0.2) is 24.2 Å². The molecule has 1 aromatic rings. The molecule has 0 aliphatic heterocycles.